The van der Waals surface area contributed by atoms with E-state index >= 15 is 0 Å². The Morgan fingerprint density at radius 3 is 2.55 bits per heavy atom. The molecule has 2 heterocycles. The van der Waals surface area contributed by atoms with E-state index in [-0.39, 0.29) is 12.1 Å². The third kappa shape index (κ3) is 5.90. The molecule has 0 unspecified atom stereocenters. The lowest BCUT2D eigenvalue weighted by atomic mass is 9.93. The van der Waals surface area contributed by atoms with E-state index in [0.717, 1.165) is 64.1 Å². The minimum atomic E-state index is -0.453. The van der Waals surface area contributed by atoms with Crippen LogP contribution in [-0.2, 0) is 4.74 Å². The van der Waals surface area contributed by atoms with Gasteiger partial charge in [-0.05, 0) is 64.5 Å². The first-order valence-corrected chi connectivity index (χ1v) is 10.8. The summed E-state index contributed by atoms with van der Waals surface area (Å²) in [5, 5.41) is 0. The summed E-state index contributed by atoms with van der Waals surface area (Å²) in [5.74, 6) is 0.552. The van der Waals surface area contributed by atoms with Crippen molar-refractivity contribution in [1.29, 1.82) is 0 Å². The molecule has 29 heavy (non-hydrogen) atoms. The SMILES string of the molecule is Bc1cccc(N2CCCN(CCC3CCN(C(=O)OC(C)(C)C)CC3)C2=O)c1. The van der Waals surface area contributed by atoms with Crippen LogP contribution in [0.3, 0.4) is 0 Å². The largest absolute Gasteiger partial charge is 0.444 e. The van der Waals surface area contributed by atoms with Gasteiger partial charge < -0.3 is 14.5 Å². The number of nitrogens with zero attached hydrogens (tertiary/aromatic N) is 3. The van der Waals surface area contributed by atoms with E-state index in [0.29, 0.717) is 5.92 Å². The molecule has 2 saturated heterocycles. The number of hydrogen-bond donors (Lipinski definition) is 0. The topological polar surface area (TPSA) is 53.1 Å². The van der Waals surface area contributed by atoms with Gasteiger partial charge in [-0.25, -0.2) is 9.59 Å². The van der Waals surface area contributed by atoms with Crippen LogP contribution < -0.4 is 10.4 Å². The molecule has 3 amide bonds. The molecule has 7 heteroatoms. The molecular weight excluding hydrogens is 365 g/mol. The number of likely N-dealkylation sites (tertiary alicyclic amines) is 1. The van der Waals surface area contributed by atoms with E-state index in [2.05, 4.69) is 20.0 Å². The van der Waals surface area contributed by atoms with Gasteiger partial charge in [0.25, 0.3) is 0 Å². The van der Waals surface area contributed by atoms with Crippen molar-refractivity contribution in [3.05, 3.63) is 24.3 Å². The highest BCUT2D eigenvalue weighted by Crippen LogP contribution is 2.24. The minimum Gasteiger partial charge on any atom is -0.444 e. The predicted octanol–water partition coefficient (Wildman–Crippen LogP) is 2.61. The smallest absolute Gasteiger partial charge is 0.410 e. The molecule has 0 aromatic heterocycles. The summed E-state index contributed by atoms with van der Waals surface area (Å²) < 4.78 is 5.47. The second-order valence-electron chi connectivity index (χ2n) is 9.31. The van der Waals surface area contributed by atoms with Crippen molar-refractivity contribution >= 4 is 31.1 Å². The minimum absolute atomic E-state index is 0.119. The van der Waals surface area contributed by atoms with Crippen molar-refractivity contribution in [2.45, 2.75) is 52.1 Å². The summed E-state index contributed by atoms with van der Waals surface area (Å²) in [4.78, 5) is 30.9. The van der Waals surface area contributed by atoms with E-state index in [1.165, 1.54) is 5.46 Å². The number of anilines is 1. The van der Waals surface area contributed by atoms with Gasteiger partial charge in [-0.2, -0.15) is 0 Å². The van der Waals surface area contributed by atoms with Gasteiger partial charge >= 0.3 is 12.1 Å². The second-order valence-corrected chi connectivity index (χ2v) is 9.31. The predicted molar refractivity (Wildman–Crippen MR) is 119 cm³/mol. The fourth-order valence-electron chi connectivity index (χ4n) is 4.09. The molecule has 0 atom stereocenters. The Hall–Kier alpha value is -2.18. The van der Waals surface area contributed by atoms with Crippen LogP contribution in [0.2, 0.25) is 0 Å². The first kappa shape index (κ1) is 21.5. The number of carbonyl (C=O) groups excluding carboxylic acids is 2. The van der Waals surface area contributed by atoms with E-state index in [1.807, 2.05) is 47.6 Å². The maximum atomic E-state index is 13.0. The Bertz CT molecular complexity index is 726. The van der Waals surface area contributed by atoms with Crippen molar-refractivity contribution in [2.24, 2.45) is 5.92 Å². The Kier molecular flexibility index (Phi) is 6.76. The lowest BCUT2D eigenvalue weighted by Gasteiger charge is -2.37. The van der Waals surface area contributed by atoms with Crippen LogP contribution in [0.4, 0.5) is 15.3 Å². The zero-order chi connectivity index (χ0) is 21.0. The number of carbonyl (C=O) groups is 2. The monoisotopic (exact) mass is 399 g/mol. The number of ether oxygens (including phenoxy) is 1. The van der Waals surface area contributed by atoms with Crippen LogP contribution in [0, 0.1) is 5.92 Å². The third-order valence-electron chi connectivity index (χ3n) is 5.70. The highest BCUT2D eigenvalue weighted by molar-refractivity contribution is 6.32. The molecule has 6 nitrogen and oxygen atoms in total. The van der Waals surface area contributed by atoms with Crippen molar-refractivity contribution in [2.75, 3.05) is 37.6 Å². The molecule has 0 bridgehead atoms. The molecule has 0 aliphatic carbocycles. The Morgan fingerprint density at radius 2 is 1.90 bits per heavy atom. The molecule has 1 aromatic rings. The molecule has 0 saturated carbocycles. The molecule has 0 N–H and O–H groups in total. The number of piperidine rings is 1. The Morgan fingerprint density at radius 1 is 1.17 bits per heavy atom. The summed E-state index contributed by atoms with van der Waals surface area (Å²) in [6.45, 7) is 9.57. The third-order valence-corrected chi connectivity index (χ3v) is 5.70. The maximum Gasteiger partial charge on any atom is 0.410 e. The average Bonchev–Trinajstić information content (AvgIpc) is 2.66. The quantitative estimate of drug-likeness (QED) is 0.732. The van der Waals surface area contributed by atoms with Gasteiger partial charge in [0.15, 0.2) is 0 Å². The number of urea groups is 1. The summed E-state index contributed by atoms with van der Waals surface area (Å²) >= 11 is 0. The molecule has 0 spiro atoms. The first-order valence-electron chi connectivity index (χ1n) is 10.8. The van der Waals surface area contributed by atoms with E-state index in [1.54, 1.807) is 0 Å². The Labute approximate surface area is 175 Å². The molecule has 0 radical (unpaired) electrons. The number of rotatable bonds is 4. The van der Waals surface area contributed by atoms with Gasteiger partial charge in [-0.1, -0.05) is 17.6 Å². The van der Waals surface area contributed by atoms with Gasteiger partial charge in [-0.15, -0.1) is 0 Å². The molecule has 2 aliphatic rings. The molecule has 2 aliphatic heterocycles. The van der Waals surface area contributed by atoms with Crippen LogP contribution in [0.15, 0.2) is 24.3 Å². The van der Waals surface area contributed by atoms with Crippen LogP contribution in [0.5, 0.6) is 0 Å². The van der Waals surface area contributed by atoms with Crippen molar-refractivity contribution < 1.29 is 14.3 Å². The average molecular weight is 399 g/mol. The summed E-state index contributed by atoms with van der Waals surface area (Å²) in [6, 6.07) is 8.27. The Balaban J connectivity index is 1.47. The van der Waals surface area contributed by atoms with Crippen LogP contribution >= 0.6 is 0 Å². The van der Waals surface area contributed by atoms with E-state index in [9.17, 15) is 9.59 Å². The van der Waals surface area contributed by atoms with Crippen molar-refractivity contribution in [1.82, 2.24) is 9.80 Å². The van der Waals surface area contributed by atoms with Crippen molar-refractivity contribution in [3.63, 3.8) is 0 Å². The normalized spacial score (nSPS) is 18.9. The highest BCUT2D eigenvalue weighted by Gasteiger charge is 2.29. The molecule has 158 valence electrons. The molecule has 3 rings (SSSR count). The number of benzene rings is 1. The summed E-state index contributed by atoms with van der Waals surface area (Å²) in [6.07, 6.45) is 3.73. The zero-order valence-electron chi connectivity index (χ0n) is 18.3. The van der Waals surface area contributed by atoms with Crippen molar-refractivity contribution in [3.8, 4) is 0 Å². The standard InChI is InChI=1S/C22H34BN3O3/c1-22(2,3)29-21(28)25-14-9-17(10-15-25)8-13-24-11-5-12-26(20(24)27)19-7-4-6-18(23)16-19/h4,6-7,16-17H,5,8-15,23H2,1-3H3. The van der Waals surface area contributed by atoms with Gasteiger partial charge in [0.05, 0.1) is 0 Å². The number of hydrogen-bond acceptors (Lipinski definition) is 3. The zero-order valence-corrected chi connectivity index (χ0v) is 18.3. The fourth-order valence-corrected chi connectivity index (χ4v) is 4.09. The van der Waals surface area contributed by atoms with Gasteiger partial charge in [0.1, 0.15) is 13.4 Å². The van der Waals surface area contributed by atoms with E-state index in [4.69, 9.17) is 4.74 Å². The fraction of sp³-hybridized carbons (Fsp3) is 0.636. The maximum absolute atomic E-state index is 13.0. The van der Waals surface area contributed by atoms with Crippen LogP contribution in [-0.4, -0.2) is 68.1 Å². The van der Waals surface area contributed by atoms with Crippen LogP contribution in [0.1, 0.15) is 46.5 Å². The van der Waals surface area contributed by atoms with Gasteiger partial charge in [0, 0.05) is 38.4 Å². The number of amides is 3. The summed E-state index contributed by atoms with van der Waals surface area (Å²) in [5.41, 5.74) is 1.71. The van der Waals surface area contributed by atoms with Gasteiger partial charge in [0.2, 0.25) is 0 Å². The highest BCUT2D eigenvalue weighted by atomic mass is 16.6. The first-order chi connectivity index (χ1) is 13.7. The van der Waals surface area contributed by atoms with E-state index < -0.39 is 5.60 Å². The van der Waals surface area contributed by atoms with Gasteiger partial charge in [-0.3, -0.25) is 4.90 Å². The molecule has 1 aromatic carbocycles. The summed E-state index contributed by atoms with van der Waals surface area (Å²) in [7, 11) is 2.05. The second kappa shape index (κ2) is 9.10. The molecule has 2 fully saturated rings. The molecular formula is C22H34BN3O3. The lowest BCUT2D eigenvalue weighted by molar-refractivity contribution is 0.0179. The van der Waals surface area contributed by atoms with Crippen LogP contribution in [0.25, 0.3) is 0 Å². The lowest BCUT2D eigenvalue weighted by Crippen LogP contribution is -2.50.